The Labute approximate surface area is 326 Å². The molecule has 0 heterocycles. The zero-order chi connectivity index (χ0) is 40.1. The number of ether oxygens (including phenoxy) is 2. The number of aliphatic hydroxyl groups is 3. The predicted molar refractivity (Wildman–Crippen MR) is 216 cm³/mol. The summed E-state index contributed by atoms with van der Waals surface area (Å²) < 4.78 is 32.5. The molecule has 0 radical (unpaired) electrons. The maximum Gasteiger partial charge on any atom is 0.472 e. The van der Waals surface area contributed by atoms with Crippen molar-refractivity contribution in [2.75, 3.05) is 26.4 Å². The number of phosphoric ester groups is 1. The van der Waals surface area contributed by atoms with Crippen molar-refractivity contribution in [3.63, 3.8) is 0 Å². The summed E-state index contributed by atoms with van der Waals surface area (Å²) in [7, 11) is -4.65. The van der Waals surface area contributed by atoms with Crippen molar-refractivity contribution in [2.24, 2.45) is 5.92 Å². The highest BCUT2D eigenvalue weighted by Gasteiger charge is 2.27. The van der Waals surface area contributed by atoms with Crippen LogP contribution in [0.25, 0.3) is 0 Å². The highest BCUT2D eigenvalue weighted by atomic mass is 31.2. The third kappa shape index (κ3) is 36.8. The molecule has 12 heteroatoms. The number of rotatable bonds is 37. The molecule has 11 nitrogen and oxygen atoms in total. The van der Waals surface area contributed by atoms with Gasteiger partial charge in [0.2, 0.25) is 0 Å². The van der Waals surface area contributed by atoms with Crippen molar-refractivity contribution >= 4 is 19.8 Å². The van der Waals surface area contributed by atoms with Crippen LogP contribution >= 0.6 is 7.82 Å². The van der Waals surface area contributed by atoms with E-state index in [0.29, 0.717) is 25.7 Å². The third-order valence-electron chi connectivity index (χ3n) is 8.49. The van der Waals surface area contributed by atoms with Gasteiger partial charge in [-0.05, 0) is 50.9 Å². The fraction of sp³-hybridized carbons (Fsp3) is 0.762. The second-order valence-electron chi connectivity index (χ2n) is 14.3. The van der Waals surface area contributed by atoms with E-state index >= 15 is 0 Å². The average Bonchev–Trinajstić information content (AvgIpc) is 3.14. The van der Waals surface area contributed by atoms with Crippen molar-refractivity contribution in [3.8, 4) is 0 Å². The van der Waals surface area contributed by atoms with E-state index in [1.807, 2.05) is 18.2 Å². The minimum Gasteiger partial charge on any atom is -0.462 e. The van der Waals surface area contributed by atoms with E-state index in [9.17, 15) is 29.3 Å². The Morgan fingerprint density at radius 1 is 0.685 bits per heavy atom. The largest absolute Gasteiger partial charge is 0.472 e. The first-order valence-electron chi connectivity index (χ1n) is 20.6. The van der Waals surface area contributed by atoms with E-state index in [2.05, 4.69) is 37.4 Å². The number of unbranched alkanes of at least 4 members (excludes halogenated alkanes) is 13. The summed E-state index contributed by atoms with van der Waals surface area (Å²) >= 11 is 0. The van der Waals surface area contributed by atoms with Gasteiger partial charge in [-0.1, -0.05) is 146 Å². The molecular weight excluding hydrogens is 711 g/mol. The number of hydrogen-bond donors (Lipinski definition) is 4. The van der Waals surface area contributed by atoms with Gasteiger partial charge in [0, 0.05) is 12.8 Å². The Kier molecular flexibility index (Phi) is 35.1. The molecule has 0 saturated heterocycles. The van der Waals surface area contributed by atoms with Crippen LogP contribution in [0.5, 0.6) is 0 Å². The van der Waals surface area contributed by atoms with Crippen LogP contribution in [0, 0.1) is 5.92 Å². The smallest absolute Gasteiger partial charge is 0.462 e. The topological polar surface area (TPSA) is 169 Å². The quantitative estimate of drug-likeness (QED) is 0.0156. The Bertz CT molecular complexity index is 1070. The van der Waals surface area contributed by atoms with Crippen LogP contribution in [0.4, 0.5) is 0 Å². The monoisotopic (exact) mass is 787 g/mol. The van der Waals surface area contributed by atoms with E-state index in [1.165, 1.54) is 64.2 Å². The molecule has 2 unspecified atom stereocenters. The van der Waals surface area contributed by atoms with E-state index in [4.69, 9.17) is 19.1 Å². The van der Waals surface area contributed by atoms with Crippen LogP contribution in [0.2, 0.25) is 0 Å². The molecule has 0 aliphatic carbocycles. The Balaban J connectivity index is 4.53. The minimum absolute atomic E-state index is 0.0487. The van der Waals surface area contributed by atoms with Gasteiger partial charge in [0.05, 0.1) is 25.9 Å². The van der Waals surface area contributed by atoms with Crippen molar-refractivity contribution in [1.29, 1.82) is 0 Å². The molecule has 0 spiro atoms. The van der Waals surface area contributed by atoms with Crippen molar-refractivity contribution in [1.82, 2.24) is 0 Å². The molecule has 0 aromatic heterocycles. The Morgan fingerprint density at radius 3 is 1.96 bits per heavy atom. The lowest BCUT2D eigenvalue weighted by atomic mass is 10.0. The summed E-state index contributed by atoms with van der Waals surface area (Å²) in [6.45, 7) is 4.47. The SMILES string of the molecule is CCCCC/C=C\C/C=C\CC(O)/C=C\C=C\CCCC(=O)O[C@H](COC(=O)CCCCCCCCCCCCC(C)C)COP(=O)(O)OC[C@@H](O)CO. The predicted octanol–water partition coefficient (Wildman–Crippen LogP) is 9.38. The molecule has 0 fully saturated rings. The van der Waals surface area contributed by atoms with Crippen LogP contribution in [-0.4, -0.2) is 76.9 Å². The number of hydrogen-bond acceptors (Lipinski definition) is 10. The number of allylic oxidation sites excluding steroid dienone is 6. The van der Waals surface area contributed by atoms with Crippen molar-refractivity contribution in [3.05, 3.63) is 48.6 Å². The molecule has 54 heavy (non-hydrogen) atoms. The lowest BCUT2D eigenvalue weighted by molar-refractivity contribution is -0.161. The van der Waals surface area contributed by atoms with Crippen LogP contribution < -0.4 is 0 Å². The van der Waals surface area contributed by atoms with Gasteiger partial charge in [-0.25, -0.2) is 4.57 Å². The zero-order valence-corrected chi connectivity index (χ0v) is 34.6. The van der Waals surface area contributed by atoms with Gasteiger partial charge in [-0.2, -0.15) is 0 Å². The molecule has 4 N–H and O–H groups in total. The van der Waals surface area contributed by atoms with Gasteiger partial charge < -0.3 is 29.7 Å². The third-order valence-corrected chi connectivity index (χ3v) is 9.45. The fourth-order valence-electron chi connectivity index (χ4n) is 5.25. The molecule has 0 aromatic carbocycles. The summed E-state index contributed by atoms with van der Waals surface area (Å²) in [4.78, 5) is 34.9. The Morgan fingerprint density at radius 2 is 1.30 bits per heavy atom. The lowest BCUT2D eigenvalue weighted by Crippen LogP contribution is -2.29. The molecule has 0 bridgehead atoms. The second kappa shape index (κ2) is 36.5. The van der Waals surface area contributed by atoms with Crippen LogP contribution in [0.3, 0.4) is 0 Å². The minimum atomic E-state index is -4.65. The van der Waals surface area contributed by atoms with Crippen LogP contribution in [0.1, 0.15) is 156 Å². The van der Waals surface area contributed by atoms with Gasteiger partial charge in [0.1, 0.15) is 12.7 Å². The van der Waals surface area contributed by atoms with E-state index in [-0.39, 0.29) is 19.4 Å². The number of phosphoric acid groups is 1. The first-order valence-corrected chi connectivity index (χ1v) is 22.1. The maximum atomic E-state index is 12.6. The highest BCUT2D eigenvalue weighted by molar-refractivity contribution is 7.47. The lowest BCUT2D eigenvalue weighted by Gasteiger charge is -2.20. The van der Waals surface area contributed by atoms with E-state index in [0.717, 1.165) is 38.0 Å². The Hall–Kier alpha value is -2.11. The molecule has 0 aliphatic heterocycles. The van der Waals surface area contributed by atoms with Crippen LogP contribution in [0.15, 0.2) is 48.6 Å². The molecule has 314 valence electrons. The molecule has 0 saturated carbocycles. The molecule has 0 aliphatic rings. The molecular formula is C42H75O11P. The van der Waals surface area contributed by atoms with Crippen molar-refractivity contribution < 1.29 is 52.9 Å². The summed E-state index contributed by atoms with van der Waals surface area (Å²) in [5, 5.41) is 28.4. The van der Waals surface area contributed by atoms with Gasteiger partial charge in [-0.3, -0.25) is 18.6 Å². The first-order chi connectivity index (χ1) is 26.0. The number of aliphatic hydroxyl groups excluding tert-OH is 3. The van der Waals surface area contributed by atoms with Gasteiger partial charge >= 0.3 is 19.8 Å². The van der Waals surface area contributed by atoms with Gasteiger partial charge in [0.15, 0.2) is 6.10 Å². The van der Waals surface area contributed by atoms with Gasteiger partial charge in [0.25, 0.3) is 0 Å². The zero-order valence-electron chi connectivity index (χ0n) is 33.7. The summed E-state index contributed by atoms with van der Waals surface area (Å²) in [5.41, 5.74) is 0. The summed E-state index contributed by atoms with van der Waals surface area (Å²) in [6.07, 6.45) is 32.6. The fourth-order valence-corrected chi connectivity index (χ4v) is 6.04. The maximum absolute atomic E-state index is 12.6. The second-order valence-corrected chi connectivity index (χ2v) is 15.8. The highest BCUT2D eigenvalue weighted by Crippen LogP contribution is 2.43. The first kappa shape index (κ1) is 51.9. The molecule has 0 amide bonds. The molecule has 0 aromatic rings. The summed E-state index contributed by atoms with van der Waals surface area (Å²) in [5.74, 6) is -0.277. The standard InChI is InChI=1S/C42H75O11P/c1-4-5-6-7-8-11-15-19-24-29-38(44)30-25-20-17-22-27-32-42(47)53-40(36-52-54(48,49)51-34-39(45)33-43)35-50-41(46)31-26-21-16-13-10-9-12-14-18-23-28-37(2)3/h8,11,17,19-20,24-25,30,37-40,43-45H,4-7,9-10,12-16,18,21-23,26-29,31-36H2,1-3H3,(H,48,49)/b11-8-,20-17+,24-19-,30-25-/t38?,39-,40+/m0/s1. The average molecular weight is 787 g/mol. The van der Waals surface area contributed by atoms with Crippen LogP contribution in [-0.2, 0) is 32.7 Å². The van der Waals surface area contributed by atoms with E-state index < -0.39 is 57.9 Å². The van der Waals surface area contributed by atoms with Crippen molar-refractivity contribution in [2.45, 2.75) is 174 Å². The van der Waals surface area contributed by atoms with Gasteiger partial charge in [-0.15, -0.1) is 0 Å². The molecule has 0 rings (SSSR count). The normalized spacial score (nSPS) is 15.1. The summed E-state index contributed by atoms with van der Waals surface area (Å²) in [6, 6.07) is 0. The van der Waals surface area contributed by atoms with E-state index in [1.54, 1.807) is 18.2 Å². The molecule has 4 atom stereocenters. The number of carbonyl (C=O) groups is 2. The number of carbonyl (C=O) groups excluding carboxylic acids is 2. The number of esters is 2.